The first kappa shape index (κ1) is 29.3. The van der Waals surface area contributed by atoms with E-state index in [0.717, 1.165) is 0 Å². The van der Waals surface area contributed by atoms with E-state index >= 15 is 0 Å². The molecular formula is C20H37N5O7. The van der Waals surface area contributed by atoms with Crippen molar-refractivity contribution in [3.8, 4) is 0 Å². The Bertz CT molecular complexity index is 654. The van der Waals surface area contributed by atoms with Gasteiger partial charge >= 0.3 is 11.9 Å². The van der Waals surface area contributed by atoms with Crippen LogP contribution in [0, 0.1) is 5.92 Å². The molecule has 4 atom stereocenters. The molecule has 0 aromatic rings. The molecule has 9 N–H and O–H groups in total. The van der Waals surface area contributed by atoms with Crippen LogP contribution in [0.1, 0.15) is 59.3 Å². The Labute approximate surface area is 187 Å². The number of amides is 3. The van der Waals surface area contributed by atoms with Crippen LogP contribution in [0.5, 0.6) is 0 Å². The average molecular weight is 460 g/mol. The highest BCUT2D eigenvalue weighted by molar-refractivity contribution is 5.94. The highest BCUT2D eigenvalue weighted by atomic mass is 16.4. The molecule has 0 saturated carbocycles. The Morgan fingerprint density at radius 2 is 1.31 bits per heavy atom. The van der Waals surface area contributed by atoms with Gasteiger partial charge in [-0.15, -0.1) is 0 Å². The summed E-state index contributed by atoms with van der Waals surface area (Å²) in [5.41, 5.74) is 11.0. The second-order valence-corrected chi connectivity index (χ2v) is 8.16. The predicted molar refractivity (Wildman–Crippen MR) is 116 cm³/mol. The number of carboxylic acids is 2. The first-order valence-corrected chi connectivity index (χ1v) is 10.7. The van der Waals surface area contributed by atoms with E-state index in [4.69, 9.17) is 16.6 Å². The molecule has 0 bridgehead atoms. The van der Waals surface area contributed by atoms with Gasteiger partial charge in [-0.1, -0.05) is 13.8 Å². The summed E-state index contributed by atoms with van der Waals surface area (Å²) in [6.45, 7) is 5.54. The molecule has 32 heavy (non-hydrogen) atoms. The fourth-order valence-electron chi connectivity index (χ4n) is 2.84. The third kappa shape index (κ3) is 12.2. The molecular weight excluding hydrogens is 422 g/mol. The van der Waals surface area contributed by atoms with E-state index < -0.39 is 60.2 Å². The van der Waals surface area contributed by atoms with Crippen LogP contribution in [-0.2, 0) is 24.0 Å². The maximum atomic E-state index is 12.9. The maximum absolute atomic E-state index is 12.9. The quantitative estimate of drug-likeness (QED) is 0.139. The minimum atomic E-state index is -1.41. The van der Waals surface area contributed by atoms with E-state index in [1.54, 1.807) is 0 Å². The van der Waals surface area contributed by atoms with E-state index in [1.165, 1.54) is 6.92 Å². The molecule has 0 fully saturated rings. The molecule has 0 aliphatic rings. The zero-order valence-electron chi connectivity index (χ0n) is 18.9. The first-order chi connectivity index (χ1) is 14.9. The fourth-order valence-corrected chi connectivity index (χ4v) is 2.84. The molecule has 4 unspecified atom stereocenters. The molecule has 0 heterocycles. The fraction of sp³-hybridized carbons (Fsp3) is 0.750. The van der Waals surface area contributed by atoms with Crippen LogP contribution in [0.25, 0.3) is 0 Å². The monoisotopic (exact) mass is 459 g/mol. The molecule has 0 aromatic carbocycles. The summed E-state index contributed by atoms with van der Waals surface area (Å²) in [6, 6.07) is -4.26. The SMILES string of the molecule is CC(C)CC(NC(=O)C(CCCCN)NC(=O)C(C)N)C(=O)NC(CCC(=O)O)C(=O)O. The van der Waals surface area contributed by atoms with Crippen LogP contribution in [0.4, 0.5) is 0 Å². The molecule has 0 aromatic heterocycles. The van der Waals surface area contributed by atoms with E-state index in [-0.39, 0.29) is 25.2 Å². The van der Waals surface area contributed by atoms with Crippen LogP contribution >= 0.6 is 0 Å². The van der Waals surface area contributed by atoms with Gasteiger partial charge in [-0.2, -0.15) is 0 Å². The van der Waals surface area contributed by atoms with Crippen molar-refractivity contribution in [3.63, 3.8) is 0 Å². The lowest BCUT2D eigenvalue weighted by molar-refractivity contribution is -0.143. The Kier molecular flexibility index (Phi) is 13.8. The van der Waals surface area contributed by atoms with Gasteiger partial charge in [-0.25, -0.2) is 4.79 Å². The van der Waals surface area contributed by atoms with Gasteiger partial charge in [0, 0.05) is 6.42 Å². The normalized spacial score (nSPS) is 14.7. The number of aliphatic carboxylic acids is 2. The van der Waals surface area contributed by atoms with E-state index in [9.17, 15) is 29.1 Å². The van der Waals surface area contributed by atoms with Crippen LogP contribution in [0.2, 0.25) is 0 Å². The molecule has 12 heteroatoms. The Morgan fingerprint density at radius 3 is 1.78 bits per heavy atom. The van der Waals surface area contributed by atoms with Gasteiger partial charge in [-0.05, 0) is 51.5 Å². The van der Waals surface area contributed by atoms with Crippen molar-refractivity contribution in [2.45, 2.75) is 83.5 Å². The molecule has 0 saturated heterocycles. The summed E-state index contributed by atoms with van der Waals surface area (Å²) in [5.74, 6) is -4.47. The number of carbonyl (C=O) groups excluding carboxylic acids is 3. The van der Waals surface area contributed by atoms with Gasteiger partial charge in [0.05, 0.1) is 6.04 Å². The Hall–Kier alpha value is -2.73. The molecule has 0 rings (SSSR count). The van der Waals surface area contributed by atoms with Crippen molar-refractivity contribution in [1.82, 2.24) is 16.0 Å². The molecule has 0 aliphatic carbocycles. The molecule has 0 radical (unpaired) electrons. The van der Waals surface area contributed by atoms with E-state index in [1.807, 2.05) is 13.8 Å². The zero-order valence-corrected chi connectivity index (χ0v) is 18.9. The lowest BCUT2D eigenvalue weighted by atomic mass is 10.0. The number of hydrogen-bond acceptors (Lipinski definition) is 7. The first-order valence-electron chi connectivity index (χ1n) is 10.7. The van der Waals surface area contributed by atoms with Crippen molar-refractivity contribution >= 4 is 29.7 Å². The lowest BCUT2D eigenvalue weighted by Gasteiger charge is -2.26. The minimum Gasteiger partial charge on any atom is -0.481 e. The summed E-state index contributed by atoms with van der Waals surface area (Å²) in [4.78, 5) is 59.7. The van der Waals surface area contributed by atoms with Crippen molar-refractivity contribution < 1.29 is 34.2 Å². The average Bonchev–Trinajstić information content (AvgIpc) is 2.68. The molecule has 0 aliphatic heterocycles. The molecule has 184 valence electrons. The third-order valence-corrected chi connectivity index (χ3v) is 4.60. The van der Waals surface area contributed by atoms with Crippen LogP contribution in [0.3, 0.4) is 0 Å². The third-order valence-electron chi connectivity index (χ3n) is 4.60. The number of carboxylic acid groups (broad SMARTS) is 2. The number of hydrogen-bond donors (Lipinski definition) is 7. The van der Waals surface area contributed by atoms with Crippen molar-refractivity contribution in [3.05, 3.63) is 0 Å². The van der Waals surface area contributed by atoms with Gasteiger partial charge in [0.2, 0.25) is 17.7 Å². The second-order valence-electron chi connectivity index (χ2n) is 8.16. The highest BCUT2D eigenvalue weighted by Crippen LogP contribution is 2.09. The zero-order chi connectivity index (χ0) is 24.8. The summed E-state index contributed by atoms with van der Waals surface area (Å²) in [7, 11) is 0. The van der Waals surface area contributed by atoms with Crippen molar-refractivity contribution in [2.75, 3.05) is 6.54 Å². The predicted octanol–water partition coefficient (Wildman–Crippen LogP) is -1.09. The maximum Gasteiger partial charge on any atom is 0.326 e. The highest BCUT2D eigenvalue weighted by Gasteiger charge is 2.30. The second kappa shape index (κ2) is 15.1. The summed E-state index contributed by atoms with van der Waals surface area (Å²) in [6.07, 6.45) is 0.951. The van der Waals surface area contributed by atoms with Gasteiger partial charge in [0.1, 0.15) is 18.1 Å². The van der Waals surface area contributed by atoms with Crippen LogP contribution in [0.15, 0.2) is 0 Å². The van der Waals surface area contributed by atoms with E-state index in [2.05, 4.69) is 16.0 Å². The van der Waals surface area contributed by atoms with Crippen LogP contribution < -0.4 is 27.4 Å². The van der Waals surface area contributed by atoms with Crippen molar-refractivity contribution in [1.29, 1.82) is 0 Å². The topological polar surface area (TPSA) is 214 Å². The number of nitrogens with two attached hydrogens (primary N) is 2. The number of rotatable bonds is 16. The van der Waals surface area contributed by atoms with Gasteiger partial charge < -0.3 is 37.6 Å². The number of nitrogens with one attached hydrogen (secondary N) is 3. The number of carbonyl (C=O) groups is 5. The van der Waals surface area contributed by atoms with Crippen LogP contribution in [-0.4, -0.2) is 70.6 Å². The van der Waals surface area contributed by atoms with Gasteiger partial charge in [-0.3, -0.25) is 19.2 Å². The standard InChI is InChI=1S/C20H37N5O7/c1-11(2)10-15(19(30)24-14(20(31)32)7-8-16(26)27)25-18(29)13(6-4-5-9-21)23-17(28)12(3)22/h11-15H,4-10,21-22H2,1-3H3,(H,23,28)(H,24,30)(H,25,29)(H,26,27)(H,31,32). The molecule has 0 spiro atoms. The summed E-state index contributed by atoms with van der Waals surface area (Å²) >= 11 is 0. The van der Waals surface area contributed by atoms with Gasteiger partial charge in [0.25, 0.3) is 0 Å². The van der Waals surface area contributed by atoms with E-state index in [0.29, 0.717) is 19.4 Å². The van der Waals surface area contributed by atoms with Gasteiger partial charge in [0.15, 0.2) is 0 Å². The Morgan fingerprint density at radius 1 is 0.781 bits per heavy atom. The smallest absolute Gasteiger partial charge is 0.326 e. The Balaban J connectivity index is 5.40. The summed E-state index contributed by atoms with van der Waals surface area (Å²) in [5, 5.41) is 25.5. The molecule has 12 nitrogen and oxygen atoms in total. The van der Waals surface area contributed by atoms with Crippen molar-refractivity contribution in [2.24, 2.45) is 17.4 Å². The lowest BCUT2D eigenvalue weighted by Crippen LogP contribution is -2.57. The summed E-state index contributed by atoms with van der Waals surface area (Å²) < 4.78 is 0. The minimum absolute atomic E-state index is 0.0253. The largest absolute Gasteiger partial charge is 0.481 e. The molecule has 3 amide bonds. The number of unbranched alkanes of at least 4 members (excludes halogenated alkanes) is 1.